The van der Waals surface area contributed by atoms with Crippen molar-refractivity contribution in [3.05, 3.63) is 77.6 Å². The summed E-state index contributed by atoms with van der Waals surface area (Å²) in [6.07, 6.45) is 13.5. The van der Waals surface area contributed by atoms with Gasteiger partial charge in [-0.05, 0) is 85.2 Å². The number of allylic oxidation sites excluding steroid dienone is 2. The number of rotatable bonds is 5. The number of aromatic nitrogens is 3. The third kappa shape index (κ3) is 3.80. The molecule has 37 heavy (non-hydrogen) atoms. The Hall–Kier alpha value is -4.00. The maximum Gasteiger partial charge on any atom is 0.354 e. The van der Waals surface area contributed by atoms with E-state index in [1.165, 1.54) is 35.2 Å². The van der Waals surface area contributed by atoms with Crippen LogP contribution in [-0.2, 0) is 0 Å². The molecule has 2 aliphatic carbocycles. The molecule has 1 N–H and O–H groups in total. The highest BCUT2D eigenvalue weighted by atomic mass is 16.5. The molecule has 1 aliphatic heterocycles. The minimum atomic E-state index is -1.00. The predicted molar refractivity (Wildman–Crippen MR) is 142 cm³/mol. The summed E-state index contributed by atoms with van der Waals surface area (Å²) in [4.78, 5) is 22.1. The topological polar surface area (TPSA) is 92.4 Å². The number of carbonyl (C=O) groups is 1. The smallest absolute Gasteiger partial charge is 0.354 e. The molecule has 0 unspecified atom stereocenters. The van der Waals surface area contributed by atoms with Gasteiger partial charge < -0.3 is 14.5 Å². The monoisotopic (exact) mass is 492 g/mol. The summed E-state index contributed by atoms with van der Waals surface area (Å²) >= 11 is 0. The Balaban J connectivity index is 1.12. The number of hydrogen-bond donors (Lipinski definition) is 1. The van der Waals surface area contributed by atoms with Crippen LogP contribution in [-0.4, -0.2) is 39.3 Å². The van der Waals surface area contributed by atoms with Gasteiger partial charge in [0.25, 0.3) is 0 Å². The van der Waals surface area contributed by atoms with Crippen molar-refractivity contribution < 1.29 is 14.4 Å². The van der Waals surface area contributed by atoms with Crippen LogP contribution in [0.2, 0.25) is 0 Å². The lowest BCUT2D eigenvalue weighted by Gasteiger charge is -2.47. The summed E-state index contributed by atoms with van der Waals surface area (Å²) in [5.41, 5.74) is 7.25. The number of piperidine rings is 1. The first-order valence-electron chi connectivity index (χ1n) is 13.0. The highest BCUT2D eigenvalue weighted by Gasteiger charge is 2.43. The lowest BCUT2D eigenvalue weighted by molar-refractivity contribution is 0.0690. The fourth-order valence-electron chi connectivity index (χ4n) is 5.99. The van der Waals surface area contributed by atoms with Crippen molar-refractivity contribution in [2.24, 2.45) is 5.41 Å². The highest BCUT2D eigenvalue weighted by Crippen LogP contribution is 2.55. The number of benzene rings is 1. The van der Waals surface area contributed by atoms with E-state index in [0.29, 0.717) is 5.92 Å². The van der Waals surface area contributed by atoms with Gasteiger partial charge in [0.05, 0.1) is 0 Å². The Morgan fingerprint density at radius 3 is 2.65 bits per heavy atom. The molecule has 0 atom stereocenters. The molecule has 0 amide bonds. The molecular weight excluding hydrogens is 464 g/mol. The van der Waals surface area contributed by atoms with E-state index in [-0.39, 0.29) is 11.1 Å². The summed E-state index contributed by atoms with van der Waals surface area (Å²) < 4.78 is 5.93. The highest BCUT2D eigenvalue weighted by molar-refractivity contribution is 5.93. The van der Waals surface area contributed by atoms with Gasteiger partial charge in [0, 0.05) is 59.8 Å². The summed E-state index contributed by atoms with van der Waals surface area (Å²) in [6, 6.07) is 9.88. The van der Waals surface area contributed by atoms with Crippen molar-refractivity contribution >= 4 is 28.0 Å². The zero-order valence-electron chi connectivity index (χ0n) is 20.8. The molecule has 1 spiro atoms. The summed E-state index contributed by atoms with van der Waals surface area (Å²) in [7, 11) is 0. The molecule has 7 rings (SSSR count). The third-order valence-corrected chi connectivity index (χ3v) is 8.35. The summed E-state index contributed by atoms with van der Waals surface area (Å²) in [5.74, 6) is 0.562. The minimum Gasteiger partial charge on any atom is -0.477 e. The number of aryl methyl sites for hydroxylation is 1. The number of aromatic carboxylic acids is 1. The number of anilines is 1. The van der Waals surface area contributed by atoms with Crippen LogP contribution in [0, 0.1) is 12.3 Å². The molecule has 4 heterocycles. The molecule has 1 saturated carbocycles. The fraction of sp³-hybridized carbons (Fsp3) is 0.333. The Labute approximate surface area is 214 Å². The zero-order valence-corrected chi connectivity index (χ0v) is 20.8. The predicted octanol–water partition coefficient (Wildman–Crippen LogP) is 6.24. The van der Waals surface area contributed by atoms with Crippen LogP contribution in [0.15, 0.2) is 59.5 Å². The van der Waals surface area contributed by atoms with Crippen LogP contribution in [0.3, 0.4) is 0 Å². The van der Waals surface area contributed by atoms with Crippen LogP contribution >= 0.6 is 0 Å². The number of carboxylic acid groups (broad SMARTS) is 1. The molecule has 186 valence electrons. The maximum absolute atomic E-state index is 11.2. The molecule has 4 aromatic rings. The van der Waals surface area contributed by atoms with Gasteiger partial charge in [-0.3, -0.25) is 4.98 Å². The number of pyridine rings is 2. The van der Waals surface area contributed by atoms with E-state index < -0.39 is 5.97 Å². The second-order valence-corrected chi connectivity index (χ2v) is 10.8. The summed E-state index contributed by atoms with van der Waals surface area (Å²) in [6.45, 7) is 4.08. The Morgan fingerprint density at radius 1 is 1.11 bits per heavy atom. The lowest BCUT2D eigenvalue weighted by atomic mass is 9.63. The first-order valence-corrected chi connectivity index (χ1v) is 13.0. The molecule has 3 aromatic heterocycles. The van der Waals surface area contributed by atoms with Crippen molar-refractivity contribution in [2.75, 3.05) is 18.0 Å². The van der Waals surface area contributed by atoms with Crippen molar-refractivity contribution in [3.8, 4) is 11.3 Å². The van der Waals surface area contributed by atoms with E-state index >= 15 is 0 Å². The first-order chi connectivity index (χ1) is 18.0. The van der Waals surface area contributed by atoms with E-state index in [0.717, 1.165) is 60.1 Å². The number of fused-ring (bicyclic) bond motifs is 1. The van der Waals surface area contributed by atoms with Crippen LogP contribution in [0.25, 0.3) is 27.6 Å². The van der Waals surface area contributed by atoms with Crippen LogP contribution < -0.4 is 4.90 Å². The molecular formula is C30H28N4O3. The van der Waals surface area contributed by atoms with Crippen LogP contribution in [0.1, 0.15) is 65.4 Å². The molecule has 0 bridgehead atoms. The van der Waals surface area contributed by atoms with Gasteiger partial charge in [0.1, 0.15) is 17.1 Å². The average molecular weight is 493 g/mol. The Kier molecular flexibility index (Phi) is 4.96. The van der Waals surface area contributed by atoms with Gasteiger partial charge in [-0.25, -0.2) is 9.78 Å². The van der Waals surface area contributed by atoms with E-state index in [1.807, 2.05) is 24.5 Å². The quantitative estimate of drug-likeness (QED) is 0.352. The first kappa shape index (κ1) is 22.2. The average Bonchev–Trinajstić information content (AvgIpc) is 3.65. The minimum absolute atomic E-state index is 0.0762. The third-order valence-electron chi connectivity index (χ3n) is 8.35. The van der Waals surface area contributed by atoms with Crippen LogP contribution in [0.5, 0.6) is 0 Å². The van der Waals surface area contributed by atoms with Gasteiger partial charge in [-0.2, -0.15) is 0 Å². The van der Waals surface area contributed by atoms with Gasteiger partial charge in [0.15, 0.2) is 0 Å². The molecule has 0 radical (unpaired) electrons. The lowest BCUT2D eigenvalue weighted by Crippen LogP contribution is -2.42. The van der Waals surface area contributed by atoms with E-state index in [9.17, 15) is 9.90 Å². The second kappa shape index (κ2) is 8.26. The molecule has 3 aliphatic rings. The normalized spacial score (nSPS) is 18.6. The van der Waals surface area contributed by atoms with Gasteiger partial charge in [-0.15, -0.1) is 0 Å². The fourth-order valence-corrected chi connectivity index (χ4v) is 5.99. The van der Waals surface area contributed by atoms with Crippen molar-refractivity contribution in [3.63, 3.8) is 0 Å². The van der Waals surface area contributed by atoms with E-state index in [4.69, 9.17) is 4.52 Å². The maximum atomic E-state index is 11.2. The molecule has 7 heteroatoms. The Bertz CT molecular complexity index is 1580. The van der Waals surface area contributed by atoms with E-state index in [1.54, 1.807) is 12.3 Å². The van der Waals surface area contributed by atoms with Crippen LogP contribution in [0.4, 0.5) is 5.69 Å². The van der Waals surface area contributed by atoms with Gasteiger partial charge in [0.2, 0.25) is 0 Å². The zero-order chi connectivity index (χ0) is 25.1. The molecule has 1 aromatic carbocycles. The van der Waals surface area contributed by atoms with Crippen molar-refractivity contribution in [2.45, 2.75) is 44.9 Å². The number of hydrogen-bond acceptors (Lipinski definition) is 6. The molecule has 2 fully saturated rings. The molecule has 7 nitrogen and oxygen atoms in total. The summed E-state index contributed by atoms with van der Waals surface area (Å²) in [5, 5.41) is 15.6. The van der Waals surface area contributed by atoms with Crippen molar-refractivity contribution in [1.82, 2.24) is 15.1 Å². The second-order valence-electron chi connectivity index (χ2n) is 10.8. The Morgan fingerprint density at radius 2 is 1.92 bits per heavy atom. The standard InChI is InChI=1S/C30H28N4O3/c1-18-6-9-31-17-24(18)27-26(28(37-33-27)19-2-3-19)22-14-30(15-22)7-10-34(11-8-30)23-5-4-20-13-25(29(35)36)32-16-21(20)12-23/h4-6,9,12-14,16-17,19H,2-3,7-8,10-11,15H2,1H3,(H,35,36). The number of carboxylic acids is 1. The van der Waals surface area contributed by atoms with Crippen molar-refractivity contribution in [1.29, 1.82) is 0 Å². The number of nitrogens with zero attached hydrogens (tertiary/aromatic N) is 4. The molecule has 1 saturated heterocycles. The largest absolute Gasteiger partial charge is 0.477 e. The van der Waals surface area contributed by atoms with Gasteiger partial charge in [-0.1, -0.05) is 17.3 Å². The van der Waals surface area contributed by atoms with Gasteiger partial charge >= 0.3 is 5.97 Å². The van der Waals surface area contributed by atoms with E-state index in [2.05, 4.69) is 45.2 Å². The SMILES string of the molecule is Cc1ccncc1-c1noc(C2CC2)c1C1=CC2(CCN(c3ccc4cc(C(=O)O)ncc4c3)CC2)C1.